The molecule has 0 fully saturated rings. The molecule has 2 aromatic heterocycles. The van der Waals surface area contributed by atoms with Gasteiger partial charge in [-0.1, -0.05) is 211 Å². The number of benzene rings is 11. The standard InChI is InChI=1S/C77H61F3N4S/c1-48-45-57(77(78,79)80)34-41-61(48)51-23-37-59(38-24-51)83(58-35-21-50(22-36-58)49-15-9-8-10-16-49)70-44-43-62(72-73(70)82-85-81-72)52-25-40-66-65-18-12-14-20-69(65)84(71(66)46-52)60-39-42-64-63-17-11-13-19-67(63)76(68(64)47-60,55-30-26-53(27-31-55)74(2,3)4)56-32-28-54(29-33-56)75(5,6)7/h8-47H,1-7H3. The fourth-order valence-electron chi connectivity index (χ4n) is 13.1. The molecule has 4 nitrogen and oxygen atoms in total. The molecule has 85 heavy (non-hydrogen) atoms. The third-order valence-electron chi connectivity index (χ3n) is 17.5. The van der Waals surface area contributed by atoms with Crippen molar-refractivity contribution in [2.45, 2.75) is 70.9 Å². The molecule has 0 saturated carbocycles. The number of aryl methyl sites for hydroxylation is 1. The van der Waals surface area contributed by atoms with Gasteiger partial charge in [0, 0.05) is 33.4 Å². The van der Waals surface area contributed by atoms with Crippen LogP contribution >= 0.6 is 11.7 Å². The monoisotopic (exact) mass is 1130 g/mol. The largest absolute Gasteiger partial charge is 0.416 e. The van der Waals surface area contributed by atoms with Gasteiger partial charge >= 0.3 is 6.18 Å². The molecule has 0 aliphatic heterocycles. The van der Waals surface area contributed by atoms with Crippen molar-refractivity contribution in [2.75, 3.05) is 4.90 Å². The molecule has 0 unspecified atom stereocenters. The molecule has 416 valence electrons. The minimum atomic E-state index is -4.42. The number of anilines is 3. The van der Waals surface area contributed by atoms with Gasteiger partial charge in [0.25, 0.3) is 0 Å². The minimum absolute atomic E-state index is 0.00804. The van der Waals surface area contributed by atoms with E-state index in [1.54, 1.807) is 13.0 Å². The molecule has 1 aliphatic carbocycles. The molecule has 0 spiro atoms. The third-order valence-corrected chi connectivity index (χ3v) is 18.0. The zero-order valence-electron chi connectivity index (χ0n) is 48.4. The maximum atomic E-state index is 13.7. The van der Waals surface area contributed by atoms with Crippen LogP contribution in [0.5, 0.6) is 0 Å². The number of halogens is 3. The van der Waals surface area contributed by atoms with Crippen molar-refractivity contribution in [2.24, 2.45) is 0 Å². The number of rotatable bonds is 9. The van der Waals surface area contributed by atoms with E-state index in [-0.39, 0.29) is 10.8 Å². The van der Waals surface area contributed by atoms with Gasteiger partial charge in [0.05, 0.1) is 39.4 Å². The Balaban J connectivity index is 0.916. The van der Waals surface area contributed by atoms with Crippen LogP contribution in [-0.2, 0) is 22.4 Å². The Kier molecular flexibility index (Phi) is 12.7. The van der Waals surface area contributed by atoms with Gasteiger partial charge in [-0.3, -0.25) is 0 Å². The molecule has 0 bridgehead atoms. The normalized spacial score (nSPS) is 13.2. The van der Waals surface area contributed by atoms with E-state index in [0.717, 1.165) is 89.6 Å². The van der Waals surface area contributed by atoms with Gasteiger partial charge in [-0.25, -0.2) is 0 Å². The highest BCUT2D eigenvalue weighted by Crippen LogP contribution is 2.57. The van der Waals surface area contributed by atoms with Gasteiger partial charge in [-0.2, -0.15) is 21.9 Å². The predicted octanol–water partition coefficient (Wildman–Crippen LogP) is 21.5. The Morgan fingerprint density at radius 2 is 0.941 bits per heavy atom. The molecule has 1 aliphatic rings. The van der Waals surface area contributed by atoms with E-state index in [9.17, 15) is 13.2 Å². The van der Waals surface area contributed by atoms with E-state index in [4.69, 9.17) is 8.75 Å². The Bertz CT molecular complexity index is 4640. The minimum Gasteiger partial charge on any atom is -0.309 e. The molecular weight excluding hydrogens is 1070 g/mol. The van der Waals surface area contributed by atoms with Crippen LogP contribution < -0.4 is 4.90 Å². The first kappa shape index (κ1) is 53.6. The molecule has 0 radical (unpaired) electrons. The number of aromatic nitrogens is 3. The summed E-state index contributed by atoms with van der Waals surface area (Å²) < 4.78 is 53.7. The number of hydrogen-bond acceptors (Lipinski definition) is 4. The van der Waals surface area contributed by atoms with Crippen molar-refractivity contribution in [3.63, 3.8) is 0 Å². The van der Waals surface area contributed by atoms with Crippen LogP contribution in [0.15, 0.2) is 243 Å². The fourth-order valence-corrected chi connectivity index (χ4v) is 13.7. The van der Waals surface area contributed by atoms with E-state index < -0.39 is 17.2 Å². The number of fused-ring (bicyclic) bond motifs is 7. The quantitative estimate of drug-likeness (QED) is 0.144. The summed E-state index contributed by atoms with van der Waals surface area (Å²) in [5.74, 6) is 0. The second-order valence-corrected chi connectivity index (χ2v) is 25.2. The van der Waals surface area contributed by atoms with Crippen molar-refractivity contribution in [3.8, 4) is 50.2 Å². The second-order valence-electron chi connectivity index (χ2n) is 24.7. The molecule has 0 amide bonds. The van der Waals surface area contributed by atoms with Crippen LogP contribution in [0.25, 0.3) is 83.0 Å². The van der Waals surface area contributed by atoms with E-state index in [1.807, 2.05) is 42.5 Å². The summed E-state index contributed by atoms with van der Waals surface area (Å²) in [6, 6.07) is 85.4. The van der Waals surface area contributed by atoms with Crippen molar-refractivity contribution >= 4 is 61.6 Å². The van der Waals surface area contributed by atoms with E-state index in [0.29, 0.717) is 5.56 Å². The van der Waals surface area contributed by atoms with E-state index in [2.05, 4.69) is 233 Å². The summed E-state index contributed by atoms with van der Waals surface area (Å²) in [6.07, 6.45) is -4.42. The van der Waals surface area contributed by atoms with Gasteiger partial charge in [-0.15, -0.1) is 0 Å². The zero-order valence-corrected chi connectivity index (χ0v) is 49.2. The van der Waals surface area contributed by atoms with Crippen molar-refractivity contribution in [1.82, 2.24) is 13.3 Å². The molecule has 13 aromatic rings. The van der Waals surface area contributed by atoms with Crippen LogP contribution in [0.2, 0.25) is 0 Å². The maximum absolute atomic E-state index is 13.7. The van der Waals surface area contributed by atoms with Crippen LogP contribution in [0.3, 0.4) is 0 Å². The lowest BCUT2D eigenvalue weighted by atomic mass is 9.67. The van der Waals surface area contributed by atoms with Crippen LogP contribution in [-0.4, -0.2) is 13.3 Å². The second kappa shape index (κ2) is 20.2. The molecule has 0 saturated heterocycles. The lowest BCUT2D eigenvalue weighted by Crippen LogP contribution is -2.29. The summed E-state index contributed by atoms with van der Waals surface area (Å²) in [5, 5.41) is 2.31. The first-order valence-electron chi connectivity index (χ1n) is 28.9. The molecule has 8 heteroatoms. The van der Waals surface area contributed by atoms with Crippen molar-refractivity contribution in [1.29, 1.82) is 0 Å². The predicted molar refractivity (Wildman–Crippen MR) is 347 cm³/mol. The summed E-state index contributed by atoms with van der Waals surface area (Å²) in [7, 11) is 0. The Hall–Kier alpha value is -9.37. The highest BCUT2D eigenvalue weighted by molar-refractivity contribution is 7.00. The van der Waals surface area contributed by atoms with E-state index in [1.165, 1.54) is 67.7 Å². The molecule has 0 atom stereocenters. The number of para-hydroxylation sites is 1. The third kappa shape index (κ3) is 9.04. The van der Waals surface area contributed by atoms with E-state index >= 15 is 0 Å². The summed E-state index contributed by atoms with van der Waals surface area (Å²) >= 11 is 1.19. The zero-order chi connectivity index (χ0) is 58.6. The molecule has 2 heterocycles. The first-order valence-corrected chi connectivity index (χ1v) is 29.7. The van der Waals surface area contributed by atoms with Gasteiger partial charge in [-0.05, 0) is 168 Å². The van der Waals surface area contributed by atoms with Gasteiger partial charge in [0.15, 0.2) is 0 Å². The smallest absolute Gasteiger partial charge is 0.309 e. The molecular formula is C77H61F3N4S. The van der Waals surface area contributed by atoms with Crippen LogP contribution in [0, 0.1) is 6.92 Å². The average Bonchev–Trinajstić information content (AvgIpc) is 1.62. The fraction of sp³-hybridized carbons (Fsp3) is 0.143. The molecule has 14 rings (SSSR count). The number of alkyl halides is 3. The highest BCUT2D eigenvalue weighted by Gasteiger charge is 2.46. The first-order chi connectivity index (χ1) is 40.9. The van der Waals surface area contributed by atoms with Gasteiger partial charge in [0.1, 0.15) is 11.0 Å². The maximum Gasteiger partial charge on any atom is 0.416 e. The Morgan fingerprint density at radius 1 is 0.412 bits per heavy atom. The lowest BCUT2D eigenvalue weighted by molar-refractivity contribution is -0.137. The SMILES string of the molecule is Cc1cc(C(F)(F)F)ccc1-c1ccc(N(c2ccc(-c3ccccc3)cc2)c2ccc(-c3ccc4c5ccccc5n(-c5ccc6c(c5)C(c5ccc(C(C)(C)C)cc5)(c5ccc(C(C)(C)C)cc5)c5ccccc5-6)c4c3)c3nsnc23)cc1. The molecule has 0 N–H and O–H groups in total. The topological polar surface area (TPSA) is 34.0 Å². The van der Waals surface area contributed by atoms with Crippen molar-refractivity contribution < 1.29 is 13.2 Å². The van der Waals surface area contributed by atoms with Crippen LogP contribution in [0.4, 0.5) is 30.2 Å². The highest BCUT2D eigenvalue weighted by atomic mass is 32.1. The Labute approximate surface area is 498 Å². The average molecular weight is 1130 g/mol. The summed E-state index contributed by atoms with van der Waals surface area (Å²) in [6.45, 7) is 15.4. The Morgan fingerprint density at radius 3 is 1.59 bits per heavy atom. The van der Waals surface area contributed by atoms with Crippen molar-refractivity contribution in [3.05, 3.63) is 287 Å². The number of hydrogen-bond donors (Lipinski definition) is 0. The molecule has 11 aromatic carbocycles. The van der Waals surface area contributed by atoms with Gasteiger partial charge < -0.3 is 9.47 Å². The number of nitrogens with zero attached hydrogens (tertiary/aromatic N) is 4. The summed E-state index contributed by atoms with van der Waals surface area (Å²) in [4.78, 5) is 2.19. The summed E-state index contributed by atoms with van der Waals surface area (Å²) in [5.41, 5.74) is 22.4. The van der Waals surface area contributed by atoms with Crippen LogP contribution in [0.1, 0.15) is 86.1 Å². The lowest BCUT2D eigenvalue weighted by Gasteiger charge is -2.35. The van der Waals surface area contributed by atoms with Gasteiger partial charge in [0.2, 0.25) is 0 Å².